The van der Waals surface area contributed by atoms with Gasteiger partial charge in [0.25, 0.3) is 0 Å². The number of carbonyl (C=O) groups excluding carboxylic acids is 2. The predicted octanol–water partition coefficient (Wildman–Crippen LogP) is 5.10. The highest BCUT2D eigenvalue weighted by molar-refractivity contribution is 5.96. The van der Waals surface area contributed by atoms with Crippen LogP contribution in [0.1, 0.15) is 44.9 Å². The van der Waals surface area contributed by atoms with Crippen LogP contribution in [0.25, 0.3) is 0 Å². The van der Waals surface area contributed by atoms with Gasteiger partial charge in [-0.05, 0) is 61.6 Å². The lowest BCUT2D eigenvalue weighted by molar-refractivity contribution is -0.131. The van der Waals surface area contributed by atoms with Crippen LogP contribution in [0.2, 0.25) is 0 Å². The Morgan fingerprint density at radius 3 is 2.24 bits per heavy atom. The summed E-state index contributed by atoms with van der Waals surface area (Å²) < 4.78 is 0. The Labute approximate surface area is 249 Å². The first-order chi connectivity index (χ1) is 20.7. The maximum absolute atomic E-state index is 13.2. The molecular weight excluding hydrogens is 524 g/mol. The van der Waals surface area contributed by atoms with Gasteiger partial charge in [-0.2, -0.15) is 0 Å². The largest absolute Gasteiger partial charge is 0.368 e. The van der Waals surface area contributed by atoms with Gasteiger partial charge in [-0.15, -0.1) is 0 Å². The first-order valence-corrected chi connectivity index (χ1v) is 15.6. The van der Waals surface area contributed by atoms with Crippen molar-refractivity contribution in [3.05, 3.63) is 73.1 Å². The van der Waals surface area contributed by atoms with E-state index in [0.29, 0.717) is 25.3 Å². The number of aliphatic imine (C=N–C) groups is 1. The number of carbonyl (C=O) groups is 2. The molecule has 1 aromatic heterocycles. The maximum Gasteiger partial charge on any atom is 0.244 e. The van der Waals surface area contributed by atoms with Crippen LogP contribution in [0.5, 0.6) is 0 Å². The number of pyridine rings is 1. The van der Waals surface area contributed by atoms with Crippen molar-refractivity contribution in [1.82, 2.24) is 9.88 Å². The lowest BCUT2D eigenvalue weighted by Gasteiger charge is -2.37. The van der Waals surface area contributed by atoms with Gasteiger partial charge in [0, 0.05) is 80.2 Å². The molecular formula is C34H42N6O2. The number of nitrogens with zero attached hydrogens (tertiary/aromatic N) is 5. The van der Waals surface area contributed by atoms with Crippen LogP contribution < -0.4 is 15.1 Å². The van der Waals surface area contributed by atoms with Gasteiger partial charge in [0.2, 0.25) is 11.8 Å². The molecule has 2 unspecified atom stereocenters. The fourth-order valence-electron chi connectivity index (χ4n) is 6.93. The minimum absolute atomic E-state index is 0.00662. The Hall–Kier alpha value is -3.94. The molecule has 1 N–H and O–H groups in total. The van der Waals surface area contributed by atoms with E-state index in [0.717, 1.165) is 31.9 Å². The highest BCUT2D eigenvalue weighted by Gasteiger charge is 2.37. The molecule has 3 heterocycles. The molecule has 2 aliphatic heterocycles. The summed E-state index contributed by atoms with van der Waals surface area (Å²) in [6.07, 6.45) is 19.3. The van der Waals surface area contributed by atoms with Crippen LogP contribution in [-0.4, -0.2) is 72.7 Å². The molecule has 1 saturated carbocycles. The highest BCUT2D eigenvalue weighted by atomic mass is 16.2. The van der Waals surface area contributed by atoms with Crippen molar-refractivity contribution < 1.29 is 9.59 Å². The Bertz CT molecular complexity index is 1310. The third kappa shape index (κ3) is 6.58. The van der Waals surface area contributed by atoms with Gasteiger partial charge < -0.3 is 20.0 Å². The van der Waals surface area contributed by atoms with E-state index in [9.17, 15) is 9.59 Å². The van der Waals surface area contributed by atoms with E-state index in [-0.39, 0.29) is 30.3 Å². The first-order valence-electron chi connectivity index (χ1n) is 15.6. The zero-order chi connectivity index (χ0) is 28.7. The van der Waals surface area contributed by atoms with E-state index in [1.54, 1.807) is 0 Å². The summed E-state index contributed by atoms with van der Waals surface area (Å²) in [4.78, 5) is 41.7. The van der Waals surface area contributed by atoms with Gasteiger partial charge in [0.05, 0.1) is 6.04 Å². The molecule has 42 heavy (non-hydrogen) atoms. The quantitative estimate of drug-likeness (QED) is 0.481. The number of aromatic nitrogens is 1. The van der Waals surface area contributed by atoms with Gasteiger partial charge in [-0.1, -0.05) is 43.6 Å². The Morgan fingerprint density at radius 1 is 0.857 bits per heavy atom. The summed E-state index contributed by atoms with van der Waals surface area (Å²) in [5.74, 6) is 0.679. The normalized spacial score (nSPS) is 22.9. The van der Waals surface area contributed by atoms with Crippen molar-refractivity contribution in [2.45, 2.75) is 51.0 Å². The minimum Gasteiger partial charge on any atom is -0.368 e. The summed E-state index contributed by atoms with van der Waals surface area (Å²) in [5.41, 5.74) is 4.40. The number of rotatable bonds is 8. The molecule has 220 valence electrons. The summed E-state index contributed by atoms with van der Waals surface area (Å²) in [7, 11) is 0. The van der Waals surface area contributed by atoms with Crippen LogP contribution >= 0.6 is 0 Å². The monoisotopic (exact) mass is 566 g/mol. The lowest BCUT2D eigenvalue weighted by Crippen LogP contribution is -2.46. The van der Waals surface area contributed by atoms with Crippen molar-refractivity contribution in [3.8, 4) is 0 Å². The summed E-state index contributed by atoms with van der Waals surface area (Å²) >= 11 is 0. The predicted molar refractivity (Wildman–Crippen MR) is 169 cm³/mol. The number of anilines is 3. The summed E-state index contributed by atoms with van der Waals surface area (Å²) in [6, 6.07) is 12.2. The number of nitrogens with one attached hydrogen (secondary N) is 1. The smallest absolute Gasteiger partial charge is 0.244 e. The number of amides is 2. The SMILES string of the molecule is O=C(CCCN1C(=O)CN=C(C2CCCCC2)C2C=CC=CC21)Nc1ccc(N2CCN(c3ccncc3)CC2)cc1. The molecule has 1 aromatic carbocycles. The number of benzene rings is 1. The zero-order valence-electron chi connectivity index (χ0n) is 24.4. The standard InChI is InChI=1S/C34H42N6O2/c41-32(37-27-12-14-28(15-13-27)38-21-23-39(24-22-38)29-16-18-35-19-17-29)11-6-20-40-31-10-5-4-9-30(31)34(36-25-33(40)42)26-7-2-1-3-8-26/h4-5,9-10,12-19,26,30-31H,1-3,6-8,11,20-25H2,(H,37,41). The molecule has 2 fully saturated rings. The second-order valence-corrected chi connectivity index (χ2v) is 11.8. The van der Waals surface area contributed by atoms with Crippen molar-refractivity contribution >= 4 is 34.6 Å². The average Bonchev–Trinajstić information content (AvgIpc) is 3.18. The highest BCUT2D eigenvalue weighted by Crippen LogP contribution is 2.33. The van der Waals surface area contributed by atoms with Crippen molar-refractivity contribution in [1.29, 1.82) is 0 Å². The minimum atomic E-state index is -0.0224. The van der Waals surface area contributed by atoms with Gasteiger partial charge in [0.15, 0.2) is 0 Å². The van der Waals surface area contributed by atoms with Crippen LogP contribution in [0.4, 0.5) is 17.1 Å². The second-order valence-electron chi connectivity index (χ2n) is 11.8. The van der Waals surface area contributed by atoms with Crippen LogP contribution in [0.15, 0.2) is 78.1 Å². The fourth-order valence-corrected chi connectivity index (χ4v) is 6.93. The molecule has 0 spiro atoms. The molecule has 8 heteroatoms. The van der Waals surface area contributed by atoms with E-state index in [1.807, 2.05) is 35.5 Å². The van der Waals surface area contributed by atoms with E-state index >= 15 is 0 Å². The van der Waals surface area contributed by atoms with Crippen LogP contribution in [-0.2, 0) is 9.59 Å². The molecule has 2 atom stereocenters. The topological polar surface area (TPSA) is 81.1 Å². The number of hydrogen-bond acceptors (Lipinski definition) is 6. The Morgan fingerprint density at radius 2 is 1.52 bits per heavy atom. The Balaban J connectivity index is 0.981. The molecule has 2 aliphatic carbocycles. The van der Waals surface area contributed by atoms with Gasteiger partial charge >= 0.3 is 0 Å². The van der Waals surface area contributed by atoms with Crippen LogP contribution in [0.3, 0.4) is 0 Å². The van der Waals surface area contributed by atoms with E-state index in [2.05, 4.69) is 62.6 Å². The van der Waals surface area contributed by atoms with Crippen molar-refractivity contribution in [2.24, 2.45) is 16.8 Å². The molecule has 2 amide bonds. The number of piperazine rings is 1. The van der Waals surface area contributed by atoms with E-state index < -0.39 is 0 Å². The molecule has 2 aromatic rings. The zero-order valence-corrected chi connectivity index (χ0v) is 24.4. The van der Waals surface area contributed by atoms with Crippen LogP contribution in [0, 0.1) is 11.8 Å². The first kappa shape index (κ1) is 28.2. The lowest BCUT2D eigenvalue weighted by atomic mass is 9.77. The third-order valence-electron chi connectivity index (χ3n) is 9.17. The third-order valence-corrected chi connectivity index (χ3v) is 9.17. The second kappa shape index (κ2) is 13.4. The Kier molecular flexibility index (Phi) is 8.97. The summed E-state index contributed by atoms with van der Waals surface area (Å²) in [5, 5.41) is 3.05. The van der Waals surface area contributed by atoms with Gasteiger partial charge in [0.1, 0.15) is 6.54 Å². The molecule has 4 aliphatic rings. The summed E-state index contributed by atoms with van der Waals surface area (Å²) in [6.45, 7) is 4.60. The maximum atomic E-state index is 13.2. The molecule has 6 rings (SSSR count). The number of fused-ring (bicyclic) bond motifs is 1. The molecule has 8 nitrogen and oxygen atoms in total. The number of hydrogen-bond donors (Lipinski definition) is 1. The van der Waals surface area contributed by atoms with Gasteiger partial charge in [-0.3, -0.25) is 19.6 Å². The molecule has 0 radical (unpaired) electrons. The fraction of sp³-hybridized carbons (Fsp3) is 0.471. The van der Waals surface area contributed by atoms with E-state index in [1.165, 1.54) is 49.2 Å². The van der Waals surface area contributed by atoms with E-state index in [4.69, 9.17) is 4.99 Å². The number of allylic oxidation sites excluding steroid dienone is 2. The van der Waals surface area contributed by atoms with Crippen molar-refractivity contribution in [3.63, 3.8) is 0 Å². The van der Waals surface area contributed by atoms with Crippen molar-refractivity contribution in [2.75, 3.05) is 54.4 Å². The average molecular weight is 567 g/mol. The molecule has 1 saturated heterocycles. The van der Waals surface area contributed by atoms with Gasteiger partial charge in [-0.25, -0.2) is 0 Å². The molecule has 0 bridgehead atoms.